The molecule has 2 saturated heterocycles. The van der Waals surface area contributed by atoms with Gasteiger partial charge < -0.3 is 19.7 Å². The molecule has 2 aliphatic heterocycles. The highest BCUT2D eigenvalue weighted by molar-refractivity contribution is 5.88. The number of pyridine rings is 1. The van der Waals surface area contributed by atoms with E-state index in [0.717, 1.165) is 44.1 Å². The van der Waals surface area contributed by atoms with E-state index in [0.29, 0.717) is 41.8 Å². The predicted octanol–water partition coefficient (Wildman–Crippen LogP) is 5.56. The van der Waals surface area contributed by atoms with Crippen LogP contribution in [0.15, 0.2) is 24.3 Å². The first kappa shape index (κ1) is 25.7. The summed E-state index contributed by atoms with van der Waals surface area (Å²) in [7, 11) is 0. The minimum Gasteiger partial charge on any atom is -0.469 e. The number of nitrogens with zero attached hydrogens (tertiary/aromatic N) is 4. The van der Waals surface area contributed by atoms with Crippen molar-refractivity contribution in [1.82, 2.24) is 19.9 Å². The molecule has 0 radical (unpaired) electrons. The summed E-state index contributed by atoms with van der Waals surface area (Å²) >= 11 is 0. The lowest BCUT2D eigenvalue weighted by Gasteiger charge is -2.33. The van der Waals surface area contributed by atoms with Crippen LogP contribution in [-0.2, 0) is 4.74 Å². The number of alkyl halides is 2. The normalized spacial score (nSPS) is 18.2. The highest BCUT2D eigenvalue weighted by Crippen LogP contribution is 2.38. The maximum absolute atomic E-state index is 14.9. The van der Waals surface area contributed by atoms with Crippen LogP contribution in [0.2, 0.25) is 0 Å². The largest absolute Gasteiger partial charge is 0.469 e. The summed E-state index contributed by atoms with van der Waals surface area (Å²) in [6, 6.07) is 5.47. The molecule has 0 spiro atoms. The minimum absolute atomic E-state index is 0.0370. The number of anilines is 1. The molecule has 10 heteroatoms. The van der Waals surface area contributed by atoms with E-state index in [4.69, 9.17) is 14.5 Å². The Morgan fingerprint density at radius 1 is 1.14 bits per heavy atom. The smallest absolute Gasteiger partial charge is 0.266 e. The lowest BCUT2D eigenvalue weighted by atomic mass is 9.89. The Hall–Kier alpha value is -2.98. The van der Waals surface area contributed by atoms with Gasteiger partial charge in [0.25, 0.3) is 6.43 Å². The number of aryl methyl sites for hydroxylation is 1. The lowest BCUT2D eigenvalue weighted by Crippen LogP contribution is -2.39. The number of ether oxygens (including phenoxy) is 2. The zero-order valence-corrected chi connectivity index (χ0v) is 21.3. The second kappa shape index (κ2) is 10.8. The van der Waals surface area contributed by atoms with Crippen LogP contribution in [0.1, 0.15) is 67.6 Å². The van der Waals surface area contributed by atoms with Gasteiger partial charge in [0.2, 0.25) is 5.88 Å². The standard InChI is InChI=1S/C27H32F3N5O2/c1-4-35-10-8-17(9-11-35)21-12-22-25(31-15(2)19-6-5-7-20(23(19)28)24(29)30)32-16(3)33-26(22)34-27(21)37-18-13-36-14-18/h5-7,12,15,17-18,24H,4,8-11,13-14H2,1-3H3,(H,31,32,33,34)/t15-/m1/s1. The fraction of sp³-hybridized carbons (Fsp3) is 0.519. The molecule has 0 aliphatic carbocycles. The van der Waals surface area contributed by atoms with Gasteiger partial charge in [0.15, 0.2) is 5.65 Å². The second-order valence-corrected chi connectivity index (χ2v) is 9.78. The number of rotatable bonds is 8. The summed E-state index contributed by atoms with van der Waals surface area (Å²) in [6.07, 6.45) is -0.962. The lowest BCUT2D eigenvalue weighted by molar-refractivity contribution is -0.0817. The number of benzene rings is 1. The number of fused-ring (bicyclic) bond motifs is 1. The number of hydrogen-bond donors (Lipinski definition) is 1. The Balaban J connectivity index is 1.53. The molecule has 2 fully saturated rings. The monoisotopic (exact) mass is 515 g/mol. The third-order valence-corrected chi connectivity index (χ3v) is 7.27. The Labute approximate surface area is 214 Å². The van der Waals surface area contributed by atoms with E-state index >= 15 is 0 Å². The summed E-state index contributed by atoms with van der Waals surface area (Å²) in [5.74, 6) is 0.895. The number of hydrogen-bond acceptors (Lipinski definition) is 7. The Bertz CT molecular complexity index is 1260. The summed E-state index contributed by atoms with van der Waals surface area (Å²) < 4.78 is 52.9. The highest BCUT2D eigenvalue weighted by Gasteiger charge is 2.29. The maximum Gasteiger partial charge on any atom is 0.266 e. The van der Waals surface area contributed by atoms with Crippen LogP contribution in [-0.4, -0.2) is 58.8 Å². The van der Waals surface area contributed by atoms with Gasteiger partial charge >= 0.3 is 0 Å². The van der Waals surface area contributed by atoms with Crippen molar-refractivity contribution in [3.8, 4) is 5.88 Å². The van der Waals surface area contributed by atoms with Crippen LogP contribution in [0.5, 0.6) is 5.88 Å². The topological polar surface area (TPSA) is 72.4 Å². The van der Waals surface area contributed by atoms with Gasteiger partial charge in [0.1, 0.15) is 23.6 Å². The number of aromatic nitrogens is 3. The molecule has 3 aromatic rings. The van der Waals surface area contributed by atoms with E-state index in [1.807, 2.05) is 6.07 Å². The Morgan fingerprint density at radius 2 is 1.86 bits per heavy atom. The number of likely N-dealkylation sites (tertiary alicyclic amines) is 1. The van der Waals surface area contributed by atoms with Crippen molar-refractivity contribution in [1.29, 1.82) is 0 Å². The molecule has 1 atom stereocenters. The molecule has 37 heavy (non-hydrogen) atoms. The van der Waals surface area contributed by atoms with Crippen molar-refractivity contribution in [2.45, 2.75) is 58.1 Å². The van der Waals surface area contributed by atoms with E-state index in [1.165, 1.54) is 12.1 Å². The first-order chi connectivity index (χ1) is 17.8. The molecule has 7 nitrogen and oxygen atoms in total. The van der Waals surface area contributed by atoms with Crippen LogP contribution < -0.4 is 10.1 Å². The van der Waals surface area contributed by atoms with E-state index in [9.17, 15) is 13.2 Å². The summed E-state index contributed by atoms with van der Waals surface area (Å²) in [5.41, 5.74) is 1.00. The van der Waals surface area contributed by atoms with Crippen LogP contribution in [0.4, 0.5) is 19.0 Å². The van der Waals surface area contributed by atoms with Crippen LogP contribution in [0, 0.1) is 12.7 Å². The summed E-state index contributed by atoms with van der Waals surface area (Å²) in [4.78, 5) is 16.4. The second-order valence-electron chi connectivity index (χ2n) is 9.78. The van der Waals surface area contributed by atoms with Gasteiger partial charge in [0, 0.05) is 11.1 Å². The average molecular weight is 516 g/mol. The third kappa shape index (κ3) is 5.36. The van der Waals surface area contributed by atoms with Crippen molar-refractivity contribution in [3.63, 3.8) is 0 Å². The van der Waals surface area contributed by atoms with Gasteiger partial charge in [-0.1, -0.05) is 25.1 Å². The van der Waals surface area contributed by atoms with Gasteiger partial charge in [-0.25, -0.2) is 23.1 Å². The van der Waals surface area contributed by atoms with Crippen molar-refractivity contribution in [2.24, 2.45) is 0 Å². The Kier molecular flexibility index (Phi) is 7.48. The van der Waals surface area contributed by atoms with Crippen molar-refractivity contribution >= 4 is 16.9 Å². The molecule has 0 amide bonds. The summed E-state index contributed by atoms with van der Waals surface area (Å²) in [5, 5.41) is 3.92. The van der Waals surface area contributed by atoms with Crippen molar-refractivity contribution in [2.75, 3.05) is 38.2 Å². The number of nitrogens with one attached hydrogen (secondary N) is 1. The van der Waals surface area contributed by atoms with Crippen molar-refractivity contribution < 1.29 is 22.6 Å². The maximum atomic E-state index is 14.9. The van der Waals surface area contributed by atoms with Crippen LogP contribution >= 0.6 is 0 Å². The van der Waals surface area contributed by atoms with Crippen LogP contribution in [0.25, 0.3) is 11.0 Å². The van der Waals surface area contributed by atoms with Crippen molar-refractivity contribution in [3.05, 3.63) is 52.6 Å². The molecular weight excluding hydrogens is 483 g/mol. The SMILES string of the molecule is CCN1CCC(c2cc3c(N[C@H](C)c4cccc(C(F)F)c4F)nc(C)nc3nc2OC2COC2)CC1. The molecule has 4 heterocycles. The predicted molar refractivity (Wildman–Crippen MR) is 135 cm³/mol. The Morgan fingerprint density at radius 3 is 2.51 bits per heavy atom. The molecule has 0 saturated carbocycles. The van der Waals surface area contributed by atoms with E-state index in [2.05, 4.69) is 27.1 Å². The molecular formula is C27H32F3N5O2. The first-order valence-corrected chi connectivity index (χ1v) is 12.8. The number of halogens is 3. The first-order valence-electron chi connectivity index (χ1n) is 12.8. The molecule has 2 aliphatic rings. The fourth-order valence-corrected chi connectivity index (χ4v) is 5.01. The van der Waals surface area contributed by atoms with Gasteiger partial charge in [-0.3, -0.25) is 0 Å². The average Bonchev–Trinajstić information content (AvgIpc) is 2.85. The van der Waals surface area contributed by atoms with Gasteiger partial charge in [-0.2, -0.15) is 4.98 Å². The zero-order valence-electron chi connectivity index (χ0n) is 21.3. The fourth-order valence-electron chi connectivity index (χ4n) is 5.01. The third-order valence-electron chi connectivity index (χ3n) is 7.27. The molecule has 5 rings (SSSR count). The van der Waals surface area contributed by atoms with Gasteiger partial charge in [-0.05, 0) is 58.3 Å². The van der Waals surface area contributed by atoms with E-state index in [-0.39, 0.29) is 17.6 Å². The molecule has 0 bridgehead atoms. The van der Waals surface area contributed by atoms with E-state index in [1.54, 1.807) is 13.8 Å². The van der Waals surface area contributed by atoms with Crippen LogP contribution in [0.3, 0.4) is 0 Å². The van der Waals surface area contributed by atoms with E-state index < -0.39 is 23.8 Å². The minimum atomic E-state index is -2.89. The number of piperidine rings is 1. The highest BCUT2D eigenvalue weighted by atomic mass is 19.3. The zero-order chi connectivity index (χ0) is 26.1. The molecule has 0 unspecified atom stereocenters. The van der Waals surface area contributed by atoms with Gasteiger partial charge in [0.05, 0.1) is 30.2 Å². The molecule has 198 valence electrons. The molecule has 1 N–H and O–H groups in total. The van der Waals surface area contributed by atoms with Gasteiger partial charge in [-0.15, -0.1) is 0 Å². The molecule has 2 aromatic heterocycles. The summed E-state index contributed by atoms with van der Waals surface area (Å²) in [6.45, 7) is 9.72. The quantitative estimate of drug-likeness (QED) is 0.421. The molecule has 1 aromatic carbocycles.